The smallest absolute Gasteiger partial charge is 0.379 e. The van der Waals surface area contributed by atoms with Crippen LogP contribution in [0.2, 0.25) is 0 Å². The van der Waals surface area contributed by atoms with Crippen LogP contribution < -0.4 is 4.57 Å². The van der Waals surface area contributed by atoms with Gasteiger partial charge in [0, 0.05) is 6.42 Å². The summed E-state index contributed by atoms with van der Waals surface area (Å²) in [4.78, 5) is 14.0. The van der Waals surface area contributed by atoms with Gasteiger partial charge in [0.15, 0.2) is 0 Å². The van der Waals surface area contributed by atoms with Crippen LogP contribution in [-0.2, 0) is 13.5 Å². The van der Waals surface area contributed by atoms with Crippen LogP contribution in [0.1, 0.15) is 100 Å². The van der Waals surface area contributed by atoms with Crippen molar-refractivity contribution < 1.29 is 14.5 Å². The van der Waals surface area contributed by atoms with Crippen molar-refractivity contribution in [3.8, 4) is 0 Å². The first kappa shape index (κ1) is 19.7. The number of imidazole rings is 1. The fourth-order valence-electron chi connectivity index (χ4n) is 3.07. The van der Waals surface area contributed by atoms with Gasteiger partial charge in [0.2, 0.25) is 0 Å². The average Bonchev–Trinajstić information content (AvgIpc) is 2.89. The summed E-state index contributed by atoms with van der Waals surface area (Å²) < 4.78 is 1.75. The van der Waals surface area contributed by atoms with Crippen molar-refractivity contribution in [2.24, 2.45) is 7.05 Å². The number of aromatic carboxylic acids is 1. The van der Waals surface area contributed by atoms with Gasteiger partial charge in [-0.2, -0.15) is 0 Å². The maximum absolute atomic E-state index is 11.0. The number of carboxylic acid groups (broad SMARTS) is 1. The minimum Gasteiger partial charge on any atom is -0.475 e. The number of aromatic amines is 1. The van der Waals surface area contributed by atoms with E-state index in [4.69, 9.17) is 5.11 Å². The summed E-state index contributed by atoms with van der Waals surface area (Å²) in [7, 11) is 1.82. The zero-order valence-electron chi connectivity index (χ0n) is 15.1. The zero-order chi connectivity index (χ0) is 16.9. The number of nitrogens with zero attached hydrogens (tertiary/aromatic N) is 1. The Hall–Kier alpha value is -1.32. The molecule has 132 valence electrons. The highest BCUT2D eigenvalue weighted by Crippen LogP contribution is 2.12. The van der Waals surface area contributed by atoms with E-state index >= 15 is 0 Å². The quantitative estimate of drug-likeness (QED) is 0.382. The molecule has 0 saturated carbocycles. The van der Waals surface area contributed by atoms with Gasteiger partial charge in [-0.1, -0.05) is 77.6 Å². The van der Waals surface area contributed by atoms with Crippen LogP contribution >= 0.6 is 0 Å². The van der Waals surface area contributed by atoms with Crippen molar-refractivity contribution in [2.75, 3.05) is 0 Å². The number of carboxylic acids is 1. The Morgan fingerprint density at radius 3 is 1.87 bits per heavy atom. The van der Waals surface area contributed by atoms with Gasteiger partial charge in [0.05, 0.1) is 7.05 Å². The highest BCUT2D eigenvalue weighted by molar-refractivity contribution is 5.83. The summed E-state index contributed by atoms with van der Waals surface area (Å²) in [6.45, 7) is 2.26. The van der Waals surface area contributed by atoms with Crippen LogP contribution in [-0.4, -0.2) is 16.1 Å². The van der Waals surface area contributed by atoms with E-state index in [2.05, 4.69) is 11.9 Å². The molecule has 0 aromatic carbocycles. The first-order valence-corrected chi connectivity index (χ1v) is 9.46. The Balaban J connectivity index is 1.95. The topological polar surface area (TPSA) is 57.0 Å². The number of rotatable bonds is 14. The molecule has 1 aromatic rings. The summed E-state index contributed by atoms with van der Waals surface area (Å²) in [6.07, 6.45) is 18.6. The van der Waals surface area contributed by atoms with Crippen LogP contribution in [0.15, 0.2) is 6.20 Å². The second-order valence-electron chi connectivity index (χ2n) is 6.62. The van der Waals surface area contributed by atoms with Crippen LogP contribution in [0.5, 0.6) is 0 Å². The molecule has 2 N–H and O–H groups in total. The minimum atomic E-state index is -0.871. The predicted octanol–water partition coefficient (Wildman–Crippen LogP) is 4.78. The summed E-state index contributed by atoms with van der Waals surface area (Å²) in [5, 5.41) is 9.01. The molecule has 0 saturated heterocycles. The van der Waals surface area contributed by atoms with Gasteiger partial charge in [-0.25, -0.2) is 14.3 Å². The van der Waals surface area contributed by atoms with E-state index in [1.807, 2.05) is 7.05 Å². The van der Waals surface area contributed by atoms with Crippen molar-refractivity contribution in [3.63, 3.8) is 0 Å². The third kappa shape index (κ3) is 8.19. The van der Waals surface area contributed by atoms with Gasteiger partial charge in [-0.05, 0) is 6.42 Å². The van der Waals surface area contributed by atoms with E-state index in [9.17, 15) is 4.79 Å². The molecule has 0 amide bonds. The second kappa shape index (κ2) is 12.1. The molecular weight excluding hydrogens is 288 g/mol. The Morgan fingerprint density at radius 1 is 0.957 bits per heavy atom. The molecule has 0 aliphatic heterocycles. The van der Waals surface area contributed by atoms with Gasteiger partial charge in [-0.3, -0.25) is 0 Å². The van der Waals surface area contributed by atoms with E-state index in [1.54, 1.807) is 10.8 Å². The number of nitrogens with one attached hydrogen (secondary N) is 1. The molecule has 0 unspecified atom stereocenters. The van der Waals surface area contributed by atoms with E-state index < -0.39 is 5.97 Å². The number of hydrogen-bond acceptors (Lipinski definition) is 1. The summed E-state index contributed by atoms with van der Waals surface area (Å²) in [5.41, 5.74) is 0.332. The molecule has 23 heavy (non-hydrogen) atoms. The third-order valence-corrected chi connectivity index (χ3v) is 4.63. The van der Waals surface area contributed by atoms with Crippen LogP contribution in [0, 0.1) is 0 Å². The van der Waals surface area contributed by atoms with Crippen LogP contribution in [0.3, 0.4) is 0 Å². The highest BCUT2D eigenvalue weighted by atomic mass is 16.4. The second-order valence-corrected chi connectivity index (χ2v) is 6.62. The lowest BCUT2D eigenvalue weighted by Crippen LogP contribution is -2.37. The molecule has 0 aliphatic carbocycles. The largest absolute Gasteiger partial charge is 0.475 e. The Kier molecular flexibility index (Phi) is 10.4. The molecule has 1 rings (SSSR count). The van der Waals surface area contributed by atoms with Crippen molar-refractivity contribution >= 4 is 5.97 Å². The molecule has 4 nitrogen and oxygen atoms in total. The van der Waals surface area contributed by atoms with Gasteiger partial charge in [0.25, 0.3) is 11.5 Å². The Bertz CT molecular complexity index is 441. The molecule has 0 aliphatic rings. The first-order valence-electron chi connectivity index (χ1n) is 9.46. The fourth-order valence-corrected chi connectivity index (χ4v) is 3.07. The molecule has 4 heteroatoms. The van der Waals surface area contributed by atoms with Gasteiger partial charge in [-0.15, -0.1) is 0 Å². The number of unbranched alkanes of at least 4 members (excludes halogenated alkanes) is 11. The molecule has 1 heterocycles. The molecule has 0 atom stereocenters. The van der Waals surface area contributed by atoms with Crippen LogP contribution in [0.25, 0.3) is 0 Å². The molecule has 0 spiro atoms. The van der Waals surface area contributed by atoms with Crippen molar-refractivity contribution in [1.29, 1.82) is 0 Å². The van der Waals surface area contributed by atoms with Gasteiger partial charge < -0.3 is 5.11 Å². The number of aryl methyl sites for hydroxylation is 1. The van der Waals surface area contributed by atoms with E-state index in [-0.39, 0.29) is 0 Å². The van der Waals surface area contributed by atoms with Crippen molar-refractivity contribution in [2.45, 2.75) is 90.4 Å². The van der Waals surface area contributed by atoms with Crippen molar-refractivity contribution in [3.05, 3.63) is 17.7 Å². The Labute approximate surface area is 141 Å². The molecule has 0 fully saturated rings. The average molecular weight is 324 g/mol. The minimum absolute atomic E-state index is 0.332. The van der Waals surface area contributed by atoms with Gasteiger partial charge in [0.1, 0.15) is 6.20 Å². The molecule has 1 aromatic heterocycles. The zero-order valence-corrected chi connectivity index (χ0v) is 15.1. The summed E-state index contributed by atoms with van der Waals surface area (Å²) in [6, 6.07) is 0. The number of aromatic nitrogens is 2. The summed E-state index contributed by atoms with van der Waals surface area (Å²) >= 11 is 0. The van der Waals surface area contributed by atoms with E-state index in [1.165, 1.54) is 70.6 Å². The maximum Gasteiger partial charge on any atom is 0.379 e. The monoisotopic (exact) mass is 323 g/mol. The van der Waals surface area contributed by atoms with Crippen LogP contribution in [0.4, 0.5) is 0 Å². The normalized spacial score (nSPS) is 11.0. The highest BCUT2D eigenvalue weighted by Gasteiger charge is 2.19. The number of carbonyl (C=O) groups is 1. The summed E-state index contributed by atoms with van der Waals surface area (Å²) in [5.74, 6) is 0.138. The molecule has 0 bridgehead atoms. The SMILES string of the molecule is CCCCCCCCCCCCCCc1[nH]cc(C(=O)O)[n+]1C. The Morgan fingerprint density at radius 2 is 1.43 bits per heavy atom. The lowest BCUT2D eigenvalue weighted by molar-refractivity contribution is -0.680. The standard InChI is InChI=1S/C19H34N2O2/c1-3-4-5-6-7-8-9-10-11-12-13-14-15-18-20-16-17(19(22)23)21(18)2/h16H,3-15H2,1-2H3,(H,22,23)/p+1. The predicted molar refractivity (Wildman–Crippen MR) is 93.7 cm³/mol. The van der Waals surface area contributed by atoms with E-state index in [0.717, 1.165) is 18.7 Å². The lowest BCUT2D eigenvalue weighted by atomic mass is 10.0. The number of hydrogen-bond donors (Lipinski definition) is 2. The van der Waals surface area contributed by atoms with Gasteiger partial charge >= 0.3 is 5.97 Å². The molecular formula is C19H35N2O2+. The maximum atomic E-state index is 11.0. The fraction of sp³-hybridized carbons (Fsp3) is 0.789. The number of H-pyrrole nitrogens is 1. The first-order chi connectivity index (χ1) is 11.2. The van der Waals surface area contributed by atoms with E-state index in [0.29, 0.717) is 5.69 Å². The molecule has 0 radical (unpaired) electrons. The van der Waals surface area contributed by atoms with Crippen molar-refractivity contribution in [1.82, 2.24) is 4.98 Å². The third-order valence-electron chi connectivity index (χ3n) is 4.63. The lowest BCUT2D eigenvalue weighted by Gasteiger charge is -2.02.